The lowest BCUT2D eigenvalue weighted by Crippen LogP contribution is -2.30. The van der Waals surface area contributed by atoms with Crippen LogP contribution in [-0.4, -0.2) is 27.8 Å². The molecule has 0 saturated heterocycles. The number of anilines is 1. The highest BCUT2D eigenvalue weighted by Crippen LogP contribution is 2.25. The lowest BCUT2D eigenvalue weighted by Gasteiger charge is -2.14. The fraction of sp³-hybridized carbons (Fsp3) is 0.190. The molecule has 0 aliphatic carbocycles. The number of aryl methyl sites for hydroxylation is 1. The van der Waals surface area contributed by atoms with Crippen LogP contribution in [0.5, 0.6) is 0 Å². The Kier molecular flexibility index (Phi) is 7.02. The molecule has 0 aliphatic heterocycles. The van der Waals surface area contributed by atoms with Crippen molar-refractivity contribution < 1.29 is 14.3 Å². The Hall–Kier alpha value is -2.54. The van der Waals surface area contributed by atoms with Crippen LogP contribution in [-0.2, 0) is 16.1 Å². The van der Waals surface area contributed by atoms with Crippen molar-refractivity contribution in [2.45, 2.75) is 26.5 Å². The zero-order valence-electron chi connectivity index (χ0n) is 16.2. The number of hydrogen-bond acceptors (Lipinski definition) is 4. The van der Waals surface area contributed by atoms with Crippen LogP contribution in [0.1, 0.15) is 28.5 Å². The third kappa shape index (κ3) is 4.95. The molecule has 0 bridgehead atoms. The fourth-order valence-corrected chi connectivity index (χ4v) is 3.44. The molecule has 0 saturated carbocycles. The summed E-state index contributed by atoms with van der Waals surface area (Å²) in [7, 11) is 0. The highest BCUT2D eigenvalue weighted by atomic mass is 35.5. The topological polar surface area (TPSA) is 73.2 Å². The number of hydrogen-bond donors (Lipinski definition) is 1. The van der Waals surface area contributed by atoms with Gasteiger partial charge in [0, 0.05) is 5.02 Å². The second kappa shape index (κ2) is 9.51. The number of rotatable bonds is 6. The summed E-state index contributed by atoms with van der Waals surface area (Å²) in [5, 5.41) is 7.98. The Morgan fingerprint density at radius 3 is 2.37 bits per heavy atom. The number of halogens is 3. The first-order valence-electron chi connectivity index (χ1n) is 9.00. The second-order valence-electron chi connectivity index (χ2n) is 6.52. The number of esters is 1. The molecular weight excluding hydrogens is 449 g/mol. The number of benzene rings is 2. The predicted molar refractivity (Wildman–Crippen MR) is 117 cm³/mol. The van der Waals surface area contributed by atoms with Crippen molar-refractivity contribution in [3.63, 3.8) is 0 Å². The monoisotopic (exact) mass is 465 g/mol. The predicted octanol–water partition coefficient (Wildman–Crippen LogP) is 5.38. The Labute approximate surface area is 188 Å². The van der Waals surface area contributed by atoms with Gasteiger partial charge in [-0.25, -0.2) is 9.48 Å². The Morgan fingerprint density at radius 2 is 1.70 bits per heavy atom. The van der Waals surface area contributed by atoms with Gasteiger partial charge in [0.1, 0.15) is 10.7 Å². The van der Waals surface area contributed by atoms with E-state index in [1.165, 1.54) is 11.6 Å². The summed E-state index contributed by atoms with van der Waals surface area (Å²) in [5.74, 6) is -1.27. The quantitative estimate of drug-likeness (QED) is 0.495. The molecule has 2 aromatic carbocycles. The lowest BCUT2D eigenvalue weighted by molar-refractivity contribution is -0.123. The summed E-state index contributed by atoms with van der Waals surface area (Å²) in [6.45, 7) is 3.39. The van der Waals surface area contributed by atoms with Crippen LogP contribution in [0, 0.1) is 6.92 Å². The third-order valence-electron chi connectivity index (χ3n) is 4.33. The van der Waals surface area contributed by atoms with Gasteiger partial charge in [0.15, 0.2) is 6.10 Å². The van der Waals surface area contributed by atoms with Crippen molar-refractivity contribution in [1.82, 2.24) is 9.78 Å². The summed E-state index contributed by atoms with van der Waals surface area (Å²) in [5.41, 5.74) is 1.71. The molecular formula is C21H18Cl3N3O3. The number of aromatic nitrogens is 2. The maximum absolute atomic E-state index is 12.7. The maximum atomic E-state index is 12.7. The molecule has 6 nitrogen and oxygen atoms in total. The molecule has 0 radical (unpaired) electrons. The van der Waals surface area contributed by atoms with Crippen LogP contribution in [0.4, 0.5) is 5.69 Å². The smallest absolute Gasteiger partial charge is 0.343 e. The lowest BCUT2D eigenvalue weighted by atomic mass is 10.2. The Bertz CT molecular complexity index is 1100. The van der Waals surface area contributed by atoms with Gasteiger partial charge < -0.3 is 10.1 Å². The van der Waals surface area contributed by atoms with E-state index in [1.807, 2.05) is 18.2 Å². The van der Waals surface area contributed by atoms with E-state index in [0.717, 1.165) is 5.56 Å². The largest absolute Gasteiger partial charge is 0.449 e. The van der Waals surface area contributed by atoms with E-state index in [1.54, 1.807) is 37.3 Å². The van der Waals surface area contributed by atoms with E-state index >= 15 is 0 Å². The average molecular weight is 467 g/mol. The summed E-state index contributed by atoms with van der Waals surface area (Å²) in [6.07, 6.45) is -1.07. The number of amides is 1. The number of ether oxygens (including phenoxy) is 1. The number of carbonyl (C=O) groups excluding carboxylic acids is 2. The zero-order chi connectivity index (χ0) is 21.8. The van der Waals surface area contributed by atoms with Crippen molar-refractivity contribution in [1.29, 1.82) is 0 Å². The molecule has 1 heterocycles. The Balaban J connectivity index is 1.72. The van der Waals surface area contributed by atoms with Gasteiger partial charge in [-0.2, -0.15) is 5.10 Å². The van der Waals surface area contributed by atoms with Gasteiger partial charge in [0.05, 0.1) is 22.9 Å². The highest BCUT2D eigenvalue weighted by molar-refractivity contribution is 6.34. The van der Waals surface area contributed by atoms with E-state index in [-0.39, 0.29) is 17.3 Å². The SMILES string of the molecule is Cc1nn(Cc2ccccc2Cl)c(Cl)c1C(=O)OC(C)C(=O)Nc1ccccc1Cl. The summed E-state index contributed by atoms with van der Waals surface area (Å²) < 4.78 is 6.76. The van der Waals surface area contributed by atoms with E-state index in [0.29, 0.717) is 21.4 Å². The molecule has 0 spiro atoms. The first kappa shape index (κ1) is 22.2. The van der Waals surface area contributed by atoms with Crippen LogP contribution in [0.25, 0.3) is 0 Å². The van der Waals surface area contributed by atoms with Gasteiger partial charge in [-0.3, -0.25) is 4.79 Å². The van der Waals surface area contributed by atoms with E-state index in [4.69, 9.17) is 39.5 Å². The normalized spacial score (nSPS) is 11.8. The van der Waals surface area contributed by atoms with E-state index in [9.17, 15) is 9.59 Å². The first-order chi connectivity index (χ1) is 14.3. The van der Waals surface area contributed by atoms with E-state index < -0.39 is 18.0 Å². The minimum Gasteiger partial charge on any atom is -0.449 e. The number of para-hydroxylation sites is 1. The van der Waals surface area contributed by atoms with E-state index in [2.05, 4.69) is 10.4 Å². The molecule has 9 heteroatoms. The van der Waals surface area contributed by atoms with Gasteiger partial charge in [0.2, 0.25) is 0 Å². The second-order valence-corrected chi connectivity index (χ2v) is 7.69. The first-order valence-corrected chi connectivity index (χ1v) is 10.1. The van der Waals surface area contributed by atoms with Crippen molar-refractivity contribution >= 4 is 52.4 Å². The van der Waals surface area contributed by atoms with Crippen LogP contribution in [0.3, 0.4) is 0 Å². The highest BCUT2D eigenvalue weighted by Gasteiger charge is 2.26. The molecule has 30 heavy (non-hydrogen) atoms. The fourth-order valence-electron chi connectivity index (χ4n) is 2.75. The van der Waals surface area contributed by atoms with Gasteiger partial charge in [-0.1, -0.05) is 65.1 Å². The molecule has 0 fully saturated rings. The summed E-state index contributed by atoms with van der Waals surface area (Å²) in [6, 6.07) is 14.0. The summed E-state index contributed by atoms with van der Waals surface area (Å²) >= 11 is 18.6. The van der Waals surface area contributed by atoms with Crippen molar-refractivity contribution in [2.75, 3.05) is 5.32 Å². The summed E-state index contributed by atoms with van der Waals surface area (Å²) in [4.78, 5) is 25.0. The third-order valence-corrected chi connectivity index (χ3v) is 5.41. The molecule has 1 atom stereocenters. The molecule has 3 rings (SSSR count). The van der Waals surface area contributed by atoms with Crippen LogP contribution in [0.2, 0.25) is 15.2 Å². The zero-order valence-corrected chi connectivity index (χ0v) is 18.4. The molecule has 1 unspecified atom stereocenters. The maximum Gasteiger partial charge on any atom is 0.343 e. The molecule has 1 amide bonds. The van der Waals surface area contributed by atoms with Gasteiger partial charge in [-0.15, -0.1) is 0 Å². The van der Waals surface area contributed by atoms with Gasteiger partial charge in [0.25, 0.3) is 5.91 Å². The molecule has 156 valence electrons. The average Bonchev–Trinajstić information content (AvgIpc) is 2.98. The van der Waals surface area contributed by atoms with Crippen LogP contribution in [0.15, 0.2) is 48.5 Å². The van der Waals surface area contributed by atoms with Gasteiger partial charge in [-0.05, 0) is 37.6 Å². The number of carbonyl (C=O) groups is 2. The van der Waals surface area contributed by atoms with Crippen molar-refractivity contribution in [3.8, 4) is 0 Å². The van der Waals surface area contributed by atoms with Crippen LogP contribution < -0.4 is 5.32 Å². The Morgan fingerprint density at radius 1 is 1.07 bits per heavy atom. The molecule has 1 aromatic heterocycles. The molecule has 3 aromatic rings. The molecule has 0 aliphatic rings. The van der Waals surface area contributed by atoms with Gasteiger partial charge >= 0.3 is 5.97 Å². The molecule has 1 N–H and O–H groups in total. The van der Waals surface area contributed by atoms with Crippen molar-refractivity contribution in [3.05, 3.63) is 80.6 Å². The standard InChI is InChI=1S/C21H18Cl3N3O3/c1-12-18(19(24)27(26-12)11-14-7-3-4-8-15(14)22)21(29)30-13(2)20(28)25-17-10-6-5-9-16(17)23/h3-10,13H,11H2,1-2H3,(H,25,28). The van der Waals surface area contributed by atoms with Crippen molar-refractivity contribution in [2.24, 2.45) is 0 Å². The van der Waals surface area contributed by atoms with Crippen LogP contribution >= 0.6 is 34.8 Å². The minimum atomic E-state index is -1.07. The number of nitrogens with one attached hydrogen (secondary N) is 1. The number of nitrogens with zero attached hydrogens (tertiary/aromatic N) is 2. The minimum absolute atomic E-state index is 0.0983.